The zero-order chi connectivity index (χ0) is 9.47. The van der Waals surface area contributed by atoms with Crippen molar-refractivity contribution in [3.8, 4) is 5.75 Å². The Morgan fingerprint density at radius 3 is 2.46 bits per heavy atom. The van der Waals surface area contributed by atoms with Gasteiger partial charge in [-0.2, -0.15) is 0 Å². The molecule has 2 heteroatoms. The maximum atomic E-state index is 5.83. The molecule has 1 heterocycles. The van der Waals surface area contributed by atoms with Gasteiger partial charge in [-0.15, -0.1) is 0 Å². The van der Waals surface area contributed by atoms with Crippen molar-refractivity contribution in [2.45, 2.75) is 20.8 Å². The molecule has 1 aliphatic rings. The van der Waals surface area contributed by atoms with E-state index in [1.165, 1.54) is 8.84 Å². The Morgan fingerprint density at radius 1 is 1.15 bits per heavy atom. The van der Waals surface area contributed by atoms with E-state index < -0.39 is 0 Å². The summed E-state index contributed by atoms with van der Waals surface area (Å²) in [6.45, 7) is 6.64. The number of hydrogen-bond donors (Lipinski definition) is 0. The van der Waals surface area contributed by atoms with Crippen LogP contribution in [0, 0.1) is 5.41 Å². The van der Waals surface area contributed by atoms with Gasteiger partial charge < -0.3 is 0 Å². The molecule has 1 aromatic carbocycles. The second kappa shape index (κ2) is 2.99. The average molecular weight is 236 g/mol. The van der Waals surface area contributed by atoms with Crippen molar-refractivity contribution < 1.29 is 4.74 Å². The molecule has 0 aliphatic carbocycles. The van der Waals surface area contributed by atoms with Crippen LogP contribution in [0.15, 0.2) is 24.3 Å². The van der Waals surface area contributed by atoms with Crippen molar-refractivity contribution >= 4 is 24.2 Å². The van der Waals surface area contributed by atoms with E-state index in [0.717, 1.165) is 5.75 Å². The van der Waals surface area contributed by atoms with Crippen LogP contribution in [0.5, 0.6) is 5.75 Å². The molecule has 0 fully saturated rings. The van der Waals surface area contributed by atoms with Crippen molar-refractivity contribution in [3.05, 3.63) is 24.3 Å². The summed E-state index contributed by atoms with van der Waals surface area (Å²) in [5, 5.41) is 0. The van der Waals surface area contributed by atoms with Crippen LogP contribution in [0.2, 0.25) is 0 Å². The molecule has 0 spiro atoms. The van der Waals surface area contributed by atoms with Crippen LogP contribution in [0.1, 0.15) is 20.8 Å². The summed E-state index contributed by atoms with van der Waals surface area (Å²) < 4.78 is 8.50. The van der Waals surface area contributed by atoms with Crippen LogP contribution < -0.4 is 9.09 Å². The predicted molar refractivity (Wildman–Crippen MR) is 56.9 cm³/mol. The van der Waals surface area contributed by atoms with Gasteiger partial charge in [-0.25, -0.2) is 0 Å². The average Bonchev–Trinajstić information content (AvgIpc) is 2.45. The molecule has 0 amide bonds. The van der Waals surface area contributed by atoms with Crippen LogP contribution in [-0.4, -0.2) is 19.8 Å². The van der Waals surface area contributed by atoms with Crippen molar-refractivity contribution in [3.63, 3.8) is 0 Å². The molecule has 0 radical (unpaired) electrons. The van der Waals surface area contributed by atoms with Crippen molar-refractivity contribution in [1.29, 1.82) is 0 Å². The van der Waals surface area contributed by atoms with Gasteiger partial charge in [0.2, 0.25) is 0 Å². The molecule has 68 valence electrons. The minimum atomic E-state index is 0.111. The van der Waals surface area contributed by atoms with E-state index >= 15 is 0 Å². The Labute approximate surface area is 85.3 Å². The van der Waals surface area contributed by atoms with Crippen LogP contribution in [-0.2, 0) is 0 Å². The molecule has 0 bridgehead atoms. The number of ether oxygens (including phenoxy) is 1. The third-order valence-corrected chi connectivity index (χ3v) is 5.24. The second-order valence-corrected chi connectivity index (χ2v) is 6.57. The number of fused-ring (bicyclic) bond motifs is 1. The van der Waals surface area contributed by atoms with Gasteiger partial charge in [0.25, 0.3) is 0 Å². The van der Waals surface area contributed by atoms with Crippen LogP contribution >= 0.6 is 0 Å². The van der Waals surface area contributed by atoms with E-state index in [4.69, 9.17) is 4.74 Å². The van der Waals surface area contributed by atoms with Gasteiger partial charge in [0.1, 0.15) is 0 Å². The first-order chi connectivity index (χ1) is 6.07. The molecule has 0 saturated carbocycles. The number of benzene rings is 1. The Balaban J connectivity index is 2.37. The molecular formula is C11H13AsO. The van der Waals surface area contributed by atoms with Crippen LogP contribution in [0.3, 0.4) is 0 Å². The van der Waals surface area contributed by atoms with E-state index in [0.29, 0.717) is 0 Å². The summed E-state index contributed by atoms with van der Waals surface area (Å²) in [5.74, 6) is 1.08. The SMILES string of the molecule is CC(C)(C)C1=[As]c2ccccc2O1. The Hall–Kier alpha value is -0.552. The predicted octanol–water partition coefficient (Wildman–Crippen LogP) is 1.58. The fourth-order valence-electron chi connectivity index (χ4n) is 1.19. The summed E-state index contributed by atoms with van der Waals surface area (Å²) in [6.07, 6.45) is 0. The van der Waals surface area contributed by atoms with E-state index in [2.05, 4.69) is 39.0 Å². The minimum absolute atomic E-state index is 0.111. The summed E-state index contributed by atoms with van der Waals surface area (Å²) in [7, 11) is 0. The first-order valence-corrected chi connectivity index (χ1v) is 6.31. The Bertz CT molecular complexity index is 361. The van der Waals surface area contributed by atoms with Crippen LogP contribution in [0.25, 0.3) is 0 Å². The molecule has 0 N–H and O–H groups in total. The molecule has 0 unspecified atom stereocenters. The summed E-state index contributed by atoms with van der Waals surface area (Å²) in [6, 6.07) is 8.35. The Morgan fingerprint density at radius 2 is 1.85 bits per heavy atom. The normalized spacial score (nSPS) is 16.1. The molecular weight excluding hydrogens is 223 g/mol. The second-order valence-electron chi connectivity index (χ2n) is 4.24. The summed E-state index contributed by atoms with van der Waals surface area (Å²) in [4.78, 5) is 0. The van der Waals surface area contributed by atoms with Crippen LogP contribution in [0.4, 0.5) is 0 Å². The van der Waals surface area contributed by atoms with Gasteiger partial charge in [0, 0.05) is 0 Å². The van der Waals surface area contributed by atoms with E-state index in [1.807, 2.05) is 6.07 Å². The van der Waals surface area contributed by atoms with E-state index in [9.17, 15) is 0 Å². The van der Waals surface area contributed by atoms with Gasteiger partial charge >= 0.3 is 85.1 Å². The molecule has 1 aliphatic heterocycles. The zero-order valence-electron chi connectivity index (χ0n) is 8.16. The number of para-hydroxylation sites is 1. The molecule has 2 rings (SSSR count). The summed E-state index contributed by atoms with van der Waals surface area (Å²) in [5.41, 5.74) is 0.193. The Kier molecular flexibility index (Phi) is 2.07. The number of rotatable bonds is 0. The van der Waals surface area contributed by atoms with Gasteiger partial charge in [0.15, 0.2) is 0 Å². The van der Waals surface area contributed by atoms with Crippen molar-refractivity contribution in [2.24, 2.45) is 5.41 Å². The molecule has 0 saturated heterocycles. The van der Waals surface area contributed by atoms with Gasteiger partial charge in [-0.3, -0.25) is 0 Å². The first kappa shape index (κ1) is 9.02. The quantitative estimate of drug-likeness (QED) is 0.621. The molecule has 1 nitrogen and oxygen atoms in total. The van der Waals surface area contributed by atoms with Gasteiger partial charge in [-0.1, -0.05) is 0 Å². The van der Waals surface area contributed by atoms with Gasteiger partial charge in [-0.05, 0) is 0 Å². The topological polar surface area (TPSA) is 9.23 Å². The standard InChI is InChI=1S/C11H13AsO/c1-11(2,3)10-12-8-6-4-5-7-9(8)13-10/h4-7H,1-3H3. The third-order valence-electron chi connectivity index (χ3n) is 1.94. The fourth-order valence-corrected chi connectivity index (χ4v) is 3.48. The third kappa shape index (κ3) is 1.71. The molecule has 1 aromatic rings. The number of hydrogen-bond acceptors (Lipinski definition) is 1. The monoisotopic (exact) mass is 236 g/mol. The summed E-state index contributed by atoms with van der Waals surface area (Å²) >= 11 is 0.111. The van der Waals surface area contributed by atoms with Gasteiger partial charge in [0.05, 0.1) is 0 Å². The van der Waals surface area contributed by atoms with E-state index in [-0.39, 0.29) is 20.7 Å². The first-order valence-electron chi connectivity index (χ1n) is 4.43. The van der Waals surface area contributed by atoms with Crippen molar-refractivity contribution in [2.75, 3.05) is 0 Å². The molecule has 13 heavy (non-hydrogen) atoms. The van der Waals surface area contributed by atoms with E-state index in [1.54, 1.807) is 0 Å². The van der Waals surface area contributed by atoms with Crippen molar-refractivity contribution in [1.82, 2.24) is 0 Å². The maximum absolute atomic E-state index is 5.83. The fraction of sp³-hybridized carbons (Fsp3) is 0.364. The zero-order valence-corrected chi connectivity index (χ0v) is 10.0. The molecule has 0 atom stereocenters. The molecule has 0 aromatic heterocycles.